The van der Waals surface area contributed by atoms with Gasteiger partial charge in [-0.2, -0.15) is 4.98 Å². The van der Waals surface area contributed by atoms with Crippen LogP contribution in [0.5, 0.6) is 5.88 Å². The van der Waals surface area contributed by atoms with Crippen molar-refractivity contribution in [3.63, 3.8) is 0 Å². The van der Waals surface area contributed by atoms with Crippen LogP contribution in [0.25, 0.3) is 0 Å². The molecule has 0 aromatic carbocycles. The molecule has 100 valence electrons. The maximum Gasteiger partial charge on any atom is 0.242 e. The van der Waals surface area contributed by atoms with Gasteiger partial charge in [-0.05, 0) is 49.6 Å². The molecule has 2 rings (SSSR count). The fourth-order valence-corrected chi connectivity index (χ4v) is 2.94. The van der Waals surface area contributed by atoms with Crippen molar-refractivity contribution >= 4 is 17.3 Å². The van der Waals surface area contributed by atoms with E-state index >= 15 is 0 Å². The molecule has 1 aliphatic rings. The molecule has 2 unspecified atom stereocenters. The quantitative estimate of drug-likeness (QED) is 0.838. The fourth-order valence-electron chi connectivity index (χ4n) is 2.74. The molecule has 2 atom stereocenters. The van der Waals surface area contributed by atoms with E-state index < -0.39 is 0 Å². The van der Waals surface area contributed by atoms with Crippen LogP contribution in [-0.2, 0) is 0 Å². The zero-order valence-electron chi connectivity index (χ0n) is 11.1. The number of rotatable bonds is 2. The number of aryl methyl sites for hydroxylation is 1. The Bertz CT molecular complexity index is 428. The molecule has 1 aromatic heterocycles. The minimum atomic E-state index is 0.177. The molecule has 1 aliphatic carbocycles. The van der Waals surface area contributed by atoms with Crippen LogP contribution in [0.4, 0.5) is 5.69 Å². The first kappa shape index (κ1) is 13.4. The van der Waals surface area contributed by atoms with Gasteiger partial charge in [0.2, 0.25) is 11.2 Å². The third kappa shape index (κ3) is 3.05. The van der Waals surface area contributed by atoms with Gasteiger partial charge in [0.15, 0.2) is 0 Å². The Labute approximate surface area is 113 Å². The van der Waals surface area contributed by atoms with E-state index in [2.05, 4.69) is 23.8 Å². The highest BCUT2D eigenvalue weighted by molar-refractivity contribution is 6.28. The van der Waals surface area contributed by atoms with Crippen molar-refractivity contribution < 1.29 is 4.74 Å². The maximum absolute atomic E-state index is 5.93. The summed E-state index contributed by atoms with van der Waals surface area (Å²) in [5.41, 5.74) is 7.09. The van der Waals surface area contributed by atoms with Crippen molar-refractivity contribution in [2.24, 2.45) is 11.8 Å². The molecule has 0 bridgehead atoms. The second kappa shape index (κ2) is 5.31. The molecule has 1 aromatic rings. The van der Waals surface area contributed by atoms with Crippen LogP contribution in [0.1, 0.15) is 38.8 Å². The highest BCUT2D eigenvalue weighted by Gasteiger charge is 2.26. The third-order valence-corrected chi connectivity index (χ3v) is 3.66. The summed E-state index contributed by atoms with van der Waals surface area (Å²) < 4.78 is 5.93. The van der Waals surface area contributed by atoms with E-state index in [0.717, 1.165) is 12.8 Å². The number of hydrogen-bond acceptors (Lipinski definition) is 4. The molecular weight excluding hydrogens is 250 g/mol. The number of aromatic nitrogens is 2. The lowest BCUT2D eigenvalue weighted by Crippen LogP contribution is -2.29. The van der Waals surface area contributed by atoms with E-state index in [1.54, 1.807) is 0 Å². The Kier molecular flexibility index (Phi) is 3.95. The first-order valence-corrected chi connectivity index (χ1v) is 6.79. The van der Waals surface area contributed by atoms with E-state index in [1.807, 2.05) is 6.92 Å². The number of halogens is 1. The van der Waals surface area contributed by atoms with Gasteiger partial charge in [0, 0.05) is 0 Å². The molecule has 5 heteroatoms. The van der Waals surface area contributed by atoms with Gasteiger partial charge >= 0.3 is 0 Å². The standard InChI is InChI=1S/C13H20ClN3O/c1-7-4-8(2)6-10(5-7)18-12-11(15)9(3)16-13(14)17-12/h7-8,10H,4-6,15H2,1-3H3. The van der Waals surface area contributed by atoms with Crippen molar-refractivity contribution in [3.8, 4) is 5.88 Å². The largest absolute Gasteiger partial charge is 0.473 e. The van der Waals surface area contributed by atoms with E-state index in [-0.39, 0.29) is 11.4 Å². The smallest absolute Gasteiger partial charge is 0.242 e. The summed E-state index contributed by atoms with van der Waals surface area (Å²) in [5.74, 6) is 1.79. The zero-order valence-corrected chi connectivity index (χ0v) is 11.9. The van der Waals surface area contributed by atoms with Crippen molar-refractivity contribution in [3.05, 3.63) is 11.0 Å². The minimum absolute atomic E-state index is 0.177. The highest BCUT2D eigenvalue weighted by Crippen LogP contribution is 2.33. The lowest BCUT2D eigenvalue weighted by Gasteiger charge is -2.31. The molecule has 0 amide bonds. The molecule has 0 radical (unpaired) electrons. The Morgan fingerprint density at radius 2 is 1.78 bits per heavy atom. The highest BCUT2D eigenvalue weighted by atomic mass is 35.5. The molecule has 1 fully saturated rings. The van der Waals surface area contributed by atoms with Crippen LogP contribution in [0, 0.1) is 18.8 Å². The Morgan fingerprint density at radius 3 is 2.39 bits per heavy atom. The molecule has 2 N–H and O–H groups in total. The van der Waals surface area contributed by atoms with Gasteiger partial charge in [-0.25, -0.2) is 4.98 Å². The van der Waals surface area contributed by atoms with Gasteiger partial charge in [0.1, 0.15) is 11.8 Å². The number of hydrogen-bond donors (Lipinski definition) is 1. The lowest BCUT2D eigenvalue weighted by molar-refractivity contribution is 0.0973. The minimum Gasteiger partial charge on any atom is -0.473 e. The van der Waals surface area contributed by atoms with Crippen LogP contribution in [0.3, 0.4) is 0 Å². The molecule has 18 heavy (non-hydrogen) atoms. The average Bonchev–Trinajstić information content (AvgIpc) is 2.23. The van der Waals surface area contributed by atoms with E-state index in [9.17, 15) is 0 Å². The van der Waals surface area contributed by atoms with Crippen molar-refractivity contribution in [1.82, 2.24) is 9.97 Å². The van der Waals surface area contributed by atoms with E-state index in [0.29, 0.717) is 29.1 Å². The van der Waals surface area contributed by atoms with Gasteiger partial charge < -0.3 is 10.5 Å². The van der Waals surface area contributed by atoms with Gasteiger partial charge in [0.05, 0.1) is 5.69 Å². The van der Waals surface area contributed by atoms with Gasteiger partial charge in [-0.1, -0.05) is 13.8 Å². The summed E-state index contributed by atoms with van der Waals surface area (Å²) in [7, 11) is 0. The first-order chi connectivity index (χ1) is 8.45. The van der Waals surface area contributed by atoms with Crippen LogP contribution in [0.2, 0.25) is 5.28 Å². The van der Waals surface area contributed by atoms with Gasteiger partial charge in [-0.3, -0.25) is 0 Å². The van der Waals surface area contributed by atoms with Crippen molar-refractivity contribution in [1.29, 1.82) is 0 Å². The first-order valence-electron chi connectivity index (χ1n) is 6.42. The van der Waals surface area contributed by atoms with Crippen LogP contribution in [0.15, 0.2) is 0 Å². The predicted molar refractivity (Wildman–Crippen MR) is 72.8 cm³/mol. The Morgan fingerprint density at radius 1 is 1.17 bits per heavy atom. The summed E-state index contributed by atoms with van der Waals surface area (Å²) in [6.07, 6.45) is 3.53. The average molecular weight is 270 g/mol. The van der Waals surface area contributed by atoms with E-state index in [1.165, 1.54) is 6.42 Å². The summed E-state index contributed by atoms with van der Waals surface area (Å²) in [6, 6.07) is 0. The van der Waals surface area contributed by atoms with Crippen LogP contribution >= 0.6 is 11.6 Å². The molecule has 1 saturated carbocycles. The Hall–Kier alpha value is -1.03. The number of nitrogens with zero attached hydrogens (tertiary/aromatic N) is 2. The monoisotopic (exact) mass is 269 g/mol. The summed E-state index contributed by atoms with van der Waals surface area (Å²) in [5, 5.41) is 0.189. The number of nitrogen functional groups attached to an aromatic ring is 1. The zero-order chi connectivity index (χ0) is 13.3. The van der Waals surface area contributed by atoms with E-state index in [4.69, 9.17) is 22.1 Å². The summed E-state index contributed by atoms with van der Waals surface area (Å²) >= 11 is 5.84. The molecule has 4 nitrogen and oxygen atoms in total. The molecule has 0 saturated heterocycles. The second-order valence-electron chi connectivity index (χ2n) is 5.45. The second-order valence-corrected chi connectivity index (χ2v) is 5.79. The third-order valence-electron chi connectivity index (χ3n) is 3.49. The van der Waals surface area contributed by atoms with Crippen LogP contribution in [-0.4, -0.2) is 16.1 Å². The van der Waals surface area contributed by atoms with Gasteiger partial charge in [0.25, 0.3) is 0 Å². The number of anilines is 1. The molecule has 1 heterocycles. The Balaban J connectivity index is 2.14. The number of nitrogens with two attached hydrogens (primary N) is 1. The number of ether oxygens (including phenoxy) is 1. The normalized spacial score (nSPS) is 28.1. The topological polar surface area (TPSA) is 61.0 Å². The molecular formula is C13H20ClN3O. The molecule has 0 spiro atoms. The maximum atomic E-state index is 5.93. The van der Waals surface area contributed by atoms with Crippen molar-refractivity contribution in [2.45, 2.75) is 46.1 Å². The molecule has 0 aliphatic heterocycles. The SMILES string of the molecule is Cc1nc(Cl)nc(OC2CC(C)CC(C)C2)c1N. The summed E-state index contributed by atoms with van der Waals surface area (Å²) in [6.45, 7) is 6.32. The summed E-state index contributed by atoms with van der Waals surface area (Å²) in [4.78, 5) is 8.09. The fraction of sp³-hybridized carbons (Fsp3) is 0.692. The van der Waals surface area contributed by atoms with Crippen LogP contribution < -0.4 is 10.5 Å². The predicted octanol–water partition coefficient (Wildman–Crippen LogP) is 3.22. The van der Waals surface area contributed by atoms with Gasteiger partial charge in [-0.15, -0.1) is 0 Å². The lowest BCUT2D eigenvalue weighted by atomic mass is 9.82. The van der Waals surface area contributed by atoms with Crippen molar-refractivity contribution in [2.75, 3.05) is 5.73 Å².